The van der Waals surface area contributed by atoms with Gasteiger partial charge in [-0.1, -0.05) is 48.5 Å². The number of hydrogen-bond acceptors (Lipinski definition) is 3. The van der Waals surface area contributed by atoms with Gasteiger partial charge in [0, 0.05) is 18.2 Å². The molecule has 0 radical (unpaired) electrons. The highest BCUT2D eigenvalue weighted by molar-refractivity contribution is 6.05. The van der Waals surface area contributed by atoms with E-state index in [9.17, 15) is 4.79 Å². The molecule has 1 aliphatic heterocycles. The van der Waals surface area contributed by atoms with Crippen LogP contribution in [0.3, 0.4) is 0 Å². The summed E-state index contributed by atoms with van der Waals surface area (Å²) in [6.07, 6.45) is 2.47. The molecule has 1 aliphatic rings. The summed E-state index contributed by atoms with van der Waals surface area (Å²) in [5, 5.41) is 7.06. The largest absolute Gasteiger partial charge is 0.302 e. The lowest BCUT2D eigenvalue weighted by atomic mass is 10.1. The molecule has 0 saturated carbocycles. The highest BCUT2D eigenvalue weighted by Gasteiger charge is 2.33. The fraction of sp³-hybridized carbons (Fsp3) is 0.250. The average molecular weight is 332 g/mol. The Morgan fingerprint density at radius 2 is 1.88 bits per heavy atom. The molecule has 1 atom stereocenters. The number of H-pyrrole nitrogens is 1. The lowest BCUT2D eigenvalue weighted by molar-refractivity contribution is 0.0972. The van der Waals surface area contributed by atoms with Crippen LogP contribution in [-0.4, -0.2) is 27.1 Å². The van der Waals surface area contributed by atoms with E-state index in [2.05, 4.69) is 40.3 Å². The zero-order valence-corrected chi connectivity index (χ0v) is 14.1. The number of nitrogens with zero attached hydrogens (tertiary/aromatic N) is 3. The second kappa shape index (κ2) is 6.51. The normalized spacial score (nSPS) is 16.0. The van der Waals surface area contributed by atoms with E-state index < -0.39 is 0 Å². The Kier molecular flexibility index (Phi) is 4.06. The third kappa shape index (κ3) is 3.05. The Morgan fingerprint density at radius 3 is 2.72 bits per heavy atom. The van der Waals surface area contributed by atoms with Gasteiger partial charge in [-0.25, -0.2) is 4.98 Å². The summed E-state index contributed by atoms with van der Waals surface area (Å²) in [7, 11) is 0. The van der Waals surface area contributed by atoms with Crippen LogP contribution < -0.4 is 4.90 Å². The molecule has 0 spiro atoms. The molecule has 0 unspecified atom stereocenters. The standard InChI is InChI=1S/C20H20N4O/c1-14-13-16-9-5-6-10-17(16)24(14)20(25)19-21-18(22-23-19)12-11-15-7-3-2-4-8-15/h2-10,14H,11-13H2,1H3,(H,21,22,23)/t14-/m1/s1. The Balaban J connectivity index is 1.49. The Morgan fingerprint density at radius 1 is 1.12 bits per heavy atom. The van der Waals surface area contributed by atoms with Crippen molar-refractivity contribution < 1.29 is 4.79 Å². The second-order valence-corrected chi connectivity index (χ2v) is 6.45. The van der Waals surface area contributed by atoms with Gasteiger partial charge >= 0.3 is 0 Å². The van der Waals surface area contributed by atoms with Crippen molar-refractivity contribution in [3.05, 3.63) is 77.4 Å². The summed E-state index contributed by atoms with van der Waals surface area (Å²) in [5.41, 5.74) is 3.41. The average Bonchev–Trinajstić information content (AvgIpc) is 3.24. The molecule has 5 heteroatoms. The Hall–Kier alpha value is -2.95. The van der Waals surface area contributed by atoms with Crippen LogP contribution in [0, 0.1) is 0 Å². The summed E-state index contributed by atoms with van der Waals surface area (Å²) in [5.74, 6) is 0.846. The molecule has 3 aromatic rings. The molecule has 0 bridgehead atoms. The number of carbonyl (C=O) groups excluding carboxylic acids is 1. The molecule has 0 saturated heterocycles. The third-order valence-corrected chi connectivity index (χ3v) is 4.64. The van der Waals surface area contributed by atoms with Crippen molar-refractivity contribution in [1.82, 2.24) is 15.2 Å². The van der Waals surface area contributed by atoms with Crippen LogP contribution in [0.4, 0.5) is 5.69 Å². The first kappa shape index (κ1) is 15.6. The number of benzene rings is 2. The van der Waals surface area contributed by atoms with E-state index >= 15 is 0 Å². The first-order valence-corrected chi connectivity index (χ1v) is 8.59. The number of para-hydroxylation sites is 1. The van der Waals surface area contributed by atoms with E-state index in [1.807, 2.05) is 36.4 Å². The fourth-order valence-electron chi connectivity index (χ4n) is 3.39. The number of aromatic amines is 1. The summed E-state index contributed by atoms with van der Waals surface area (Å²) in [6, 6.07) is 18.4. The number of nitrogens with one attached hydrogen (secondary N) is 1. The van der Waals surface area contributed by atoms with E-state index in [1.54, 1.807) is 4.90 Å². The number of fused-ring (bicyclic) bond motifs is 1. The summed E-state index contributed by atoms with van der Waals surface area (Å²) >= 11 is 0. The molecule has 4 rings (SSSR count). The molecule has 1 aromatic heterocycles. The molecule has 1 N–H and O–H groups in total. The van der Waals surface area contributed by atoms with Crippen LogP contribution in [0.15, 0.2) is 54.6 Å². The number of aromatic nitrogens is 3. The molecule has 25 heavy (non-hydrogen) atoms. The highest BCUT2D eigenvalue weighted by atomic mass is 16.2. The van der Waals surface area contributed by atoms with Crippen molar-refractivity contribution in [3.63, 3.8) is 0 Å². The predicted molar refractivity (Wildman–Crippen MR) is 96.7 cm³/mol. The smallest absolute Gasteiger partial charge is 0.298 e. The Bertz CT molecular complexity index is 887. The first-order chi connectivity index (χ1) is 12.2. The van der Waals surface area contributed by atoms with E-state index in [1.165, 1.54) is 11.1 Å². The molecular weight excluding hydrogens is 312 g/mol. The van der Waals surface area contributed by atoms with Crippen LogP contribution in [0.2, 0.25) is 0 Å². The topological polar surface area (TPSA) is 61.9 Å². The van der Waals surface area contributed by atoms with Gasteiger partial charge < -0.3 is 4.90 Å². The van der Waals surface area contributed by atoms with Gasteiger partial charge in [-0.15, -0.1) is 5.10 Å². The SMILES string of the molecule is C[C@@H]1Cc2ccccc2N1C(=O)c1n[nH]c(CCc2ccccc2)n1. The van der Waals surface area contributed by atoms with Crippen LogP contribution in [0.1, 0.15) is 34.5 Å². The monoisotopic (exact) mass is 332 g/mol. The van der Waals surface area contributed by atoms with Crippen molar-refractivity contribution in [3.8, 4) is 0 Å². The van der Waals surface area contributed by atoms with Crippen molar-refractivity contribution in [2.24, 2.45) is 0 Å². The number of anilines is 1. The highest BCUT2D eigenvalue weighted by Crippen LogP contribution is 2.32. The third-order valence-electron chi connectivity index (χ3n) is 4.64. The summed E-state index contributed by atoms with van der Waals surface area (Å²) in [6.45, 7) is 2.06. The van der Waals surface area contributed by atoms with Crippen LogP contribution in [-0.2, 0) is 19.3 Å². The number of hydrogen-bond donors (Lipinski definition) is 1. The maximum atomic E-state index is 12.9. The second-order valence-electron chi connectivity index (χ2n) is 6.45. The van der Waals surface area contributed by atoms with E-state index in [4.69, 9.17) is 0 Å². The van der Waals surface area contributed by atoms with Gasteiger partial charge in [-0.3, -0.25) is 9.89 Å². The number of rotatable bonds is 4. The van der Waals surface area contributed by atoms with Gasteiger partial charge in [0.1, 0.15) is 5.82 Å². The van der Waals surface area contributed by atoms with E-state index in [0.29, 0.717) is 0 Å². The molecule has 0 fully saturated rings. The van der Waals surface area contributed by atoms with Crippen molar-refractivity contribution in [2.75, 3.05) is 4.90 Å². The fourth-order valence-corrected chi connectivity index (χ4v) is 3.39. The van der Waals surface area contributed by atoms with Crippen molar-refractivity contribution in [1.29, 1.82) is 0 Å². The number of aryl methyl sites for hydroxylation is 2. The van der Waals surface area contributed by atoms with Crippen LogP contribution in [0.5, 0.6) is 0 Å². The molecule has 126 valence electrons. The molecule has 2 aromatic carbocycles. The van der Waals surface area contributed by atoms with Crippen molar-refractivity contribution >= 4 is 11.6 Å². The van der Waals surface area contributed by atoms with E-state index in [-0.39, 0.29) is 17.8 Å². The maximum absolute atomic E-state index is 12.9. The van der Waals surface area contributed by atoms with Gasteiger partial charge in [0.2, 0.25) is 5.82 Å². The maximum Gasteiger partial charge on any atom is 0.298 e. The minimum atomic E-state index is -0.139. The van der Waals surface area contributed by atoms with Crippen LogP contribution >= 0.6 is 0 Å². The first-order valence-electron chi connectivity index (χ1n) is 8.59. The zero-order chi connectivity index (χ0) is 17.2. The Labute approximate surface area is 146 Å². The molecule has 5 nitrogen and oxygen atoms in total. The number of amides is 1. The van der Waals surface area contributed by atoms with Crippen LogP contribution in [0.25, 0.3) is 0 Å². The molecule has 0 aliphatic carbocycles. The van der Waals surface area contributed by atoms with Gasteiger partial charge in [0.15, 0.2) is 0 Å². The van der Waals surface area contributed by atoms with Gasteiger partial charge in [0.25, 0.3) is 5.91 Å². The predicted octanol–water partition coefficient (Wildman–Crippen LogP) is 3.18. The minimum Gasteiger partial charge on any atom is -0.302 e. The van der Waals surface area contributed by atoms with Crippen molar-refractivity contribution in [2.45, 2.75) is 32.2 Å². The van der Waals surface area contributed by atoms with E-state index in [0.717, 1.165) is 30.8 Å². The lowest BCUT2D eigenvalue weighted by Gasteiger charge is -2.20. The van der Waals surface area contributed by atoms with Gasteiger partial charge in [-0.2, -0.15) is 0 Å². The molecular formula is C20H20N4O. The van der Waals surface area contributed by atoms with Gasteiger partial charge in [0.05, 0.1) is 0 Å². The lowest BCUT2D eigenvalue weighted by Crippen LogP contribution is -2.36. The number of carbonyl (C=O) groups is 1. The summed E-state index contributed by atoms with van der Waals surface area (Å²) in [4.78, 5) is 19.1. The quantitative estimate of drug-likeness (QED) is 0.798. The summed E-state index contributed by atoms with van der Waals surface area (Å²) < 4.78 is 0. The van der Waals surface area contributed by atoms with Gasteiger partial charge in [-0.05, 0) is 37.0 Å². The molecule has 1 amide bonds. The molecule has 2 heterocycles. The minimum absolute atomic E-state index is 0.121. The zero-order valence-electron chi connectivity index (χ0n) is 14.1.